The molecule has 144 valence electrons. The predicted molar refractivity (Wildman–Crippen MR) is 98.1 cm³/mol. The molecule has 0 fully saturated rings. The Kier molecular flexibility index (Phi) is 8.61. The summed E-state index contributed by atoms with van der Waals surface area (Å²) < 4.78 is 5.34. The van der Waals surface area contributed by atoms with Crippen molar-refractivity contribution in [3.05, 3.63) is 29.8 Å². The molecule has 7 nitrogen and oxygen atoms in total. The lowest BCUT2D eigenvalue weighted by molar-refractivity contribution is -0.138. The van der Waals surface area contributed by atoms with Crippen molar-refractivity contribution in [1.82, 2.24) is 10.6 Å². The maximum atomic E-state index is 12.4. The minimum absolute atomic E-state index is 0.0227. The smallest absolute Gasteiger partial charge is 0.303 e. The molecule has 0 saturated heterocycles. The van der Waals surface area contributed by atoms with Gasteiger partial charge in [0, 0.05) is 18.5 Å². The van der Waals surface area contributed by atoms with E-state index in [1.54, 1.807) is 31.2 Å². The van der Waals surface area contributed by atoms with Gasteiger partial charge in [-0.3, -0.25) is 14.4 Å². The van der Waals surface area contributed by atoms with Crippen molar-refractivity contribution in [3.63, 3.8) is 0 Å². The third kappa shape index (κ3) is 7.13. The van der Waals surface area contributed by atoms with Crippen LogP contribution < -0.4 is 15.4 Å². The number of carbonyl (C=O) groups excluding carboxylic acids is 2. The van der Waals surface area contributed by atoms with Crippen molar-refractivity contribution >= 4 is 17.8 Å². The van der Waals surface area contributed by atoms with Crippen molar-refractivity contribution in [3.8, 4) is 5.75 Å². The van der Waals surface area contributed by atoms with Crippen LogP contribution in [0, 0.1) is 11.8 Å². The quantitative estimate of drug-likeness (QED) is 0.589. The summed E-state index contributed by atoms with van der Waals surface area (Å²) >= 11 is 0. The largest absolute Gasteiger partial charge is 0.494 e. The monoisotopic (exact) mass is 364 g/mol. The Morgan fingerprint density at radius 2 is 1.73 bits per heavy atom. The highest BCUT2D eigenvalue weighted by molar-refractivity contribution is 5.97. The van der Waals surface area contributed by atoms with Crippen LogP contribution in [0.1, 0.15) is 44.5 Å². The van der Waals surface area contributed by atoms with Gasteiger partial charge in [-0.2, -0.15) is 0 Å². The fourth-order valence-corrected chi connectivity index (χ4v) is 2.38. The molecule has 0 aliphatic heterocycles. The van der Waals surface area contributed by atoms with E-state index in [0.29, 0.717) is 17.9 Å². The molecule has 0 spiro atoms. The third-order valence-corrected chi connectivity index (χ3v) is 3.81. The Morgan fingerprint density at radius 3 is 2.23 bits per heavy atom. The fourth-order valence-electron chi connectivity index (χ4n) is 2.38. The lowest BCUT2D eigenvalue weighted by Crippen LogP contribution is -2.50. The van der Waals surface area contributed by atoms with Gasteiger partial charge in [0.1, 0.15) is 11.8 Å². The van der Waals surface area contributed by atoms with E-state index in [2.05, 4.69) is 10.6 Å². The number of hydrogen-bond donors (Lipinski definition) is 3. The van der Waals surface area contributed by atoms with Crippen molar-refractivity contribution in [2.45, 2.75) is 40.2 Å². The number of rotatable bonds is 10. The predicted octanol–water partition coefficient (Wildman–Crippen LogP) is 2.07. The molecule has 0 aliphatic rings. The van der Waals surface area contributed by atoms with E-state index in [1.165, 1.54) is 0 Å². The Morgan fingerprint density at radius 1 is 1.12 bits per heavy atom. The van der Waals surface area contributed by atoms with Crippen LogP contribution in [-0.2, 0) is 9.59 Å². The molecule has 0 aromatic heterocycles. The van der Waals surface area contributed by atoms with Crippen molar-refractivity contribution in [2.75, 3.05) is 13.2 Å². The van der Waals surface area contributed by atoms with Crippen molar-refractivity contribution in [1.29, 1.82) is 0 Å². The summed E-state index contributed by atoms with van der Waals surface area (Å²) in [5.41, 5.74) is 0.436. The zero-order valence-electron chi connectivity index (χ0n) is 15.7. The standard InChI is InChI=1S/C19H28N2O5/c1-5-26-15-8-6-14(7-9-15)18(24)21-17(12(2)3)19(25)20-11-13(4)10-16(22)23/h6-9,12-13,17H,5,10-11H2,1-4H3,(H,20,25)(H,21,24)(H,22,23). The van der Waals surface area contributed by atoms with Crippen LogP contribution in [0.25, 0.3) is 0 Å². The molecule has 0 bridgehead atoms. The molecule has 0 aliphatic carbocycles. The first-order valence-corrected chi connectivity index (χ1v) is 8.77. The molecule has 0 radical (unpaired) electrons. The van der Waals surface area contributed by atoms with Crippen LogP contribution in [0.2, 0.25) is 0 Å². The van der Waals surface area contributed by atoms with E-state index in [1.807, 2.05) is 20.8 Å². The van der Waals surface area contributed by atoms with Gasteiger partial charge < -0.3 is 20.5 Å². The van der Waals surface area contributed by atoms with Crippen molar-refractivity contribution < 1.29 is 24.2 Å². The lowest BCUT2D eigenvalue weighted by Gasteiger charge is -2.22. The SMILES string of the molecule is CCOc1ccc(C(=O)NC(C(=O)NCC(C)CC(=O)O)C(C)C)cc1. The summed E-state index contributed by atoms with van der Waals surface area (Å²) in [6, 6.07) is 5.99. The highest BCUT2D eigenvalue weighted by Gasteiger charge is 2.25. The molecule has 2 amide bonds. The van der Waals surface area contributed by atoms with E-state index >= 15 is 0 Å². The Balaban J connectivity index is 2.67. The van der Waals surface area contributed by atoms with Crippen LogP contribution in [0.5, 0.6) is 5.75 Å². The Labute approximate surface area is 154 Å². The molecule has 2 atom stereocenters. The molecule has 1 aromatic rings. The van der Waals surface area contributed by atoms with Crippen LogP contribution in [0.15, 0.2) is 24.3 Å². The second-order valence-electron chi connectivity index (χ2n) is 6.60. The molecule has 3 N–H and O–H groups in total. The molecular weight excluding hydrogens is 336 g/mol. The highest BCUT2D eigenvalue weighted by atomic mass is 16.5. The number of carboxylic acid groups (broad SMARTS) is 1. The van der Waals surface area contributed by atoms with Crippen LogP contribution in [0.4, 0.5) is 0 Å². The second-order valence-corrected chi connectivity index (χ2v) is 6.60. The average molecular weight is 364 g/mol. The number of ether oxygens (including phenoxy) is 1. The van der Waals surface area contributed by atoms with E-state index in [4.69, 9.17) is 9.84 Å². The van der Waals surface area contributed by atoms with E-state index in [-0.39, 0.29) is 36.6 Å². The van der Waals surface area contributed by atoms with Gasteiger partial charge in [0.05, 0.1) is 6.61 Å². The Bertz CT molecular complexity index is 613. The molecule has 0 saturated carbocycles. The number of carboxylic acids is 1. The first-order chi connectivity index (χ1) is 12.2. The Hall–Kier alpha value is -2.57. The minimum atomic E-state index is -0.907. The maximum Gasteiger partial charge on any atom is 0.303 e. The van der Waals surface area contributed by atoms with Gasteiger partial charge >= 0.3 is 5.97 Å². The number of hydrogen-bond acceptors (Lipinski definition) is 4. The van der Waals surface area contributed by atoms with Crippen LogP contribution in [-0.4, -0.2) is 42.1 Å². The highest BCUT2D eigenvalue weighted by Crippen LogP contribution is 2.13. The third-order valence-electron chi connectivity index (χ3n) is 3.81. The van der Waals surface area contributed by atoms with Gasteiger partial charge in [0.2, 0.25) is 5.91 Å². The fraction of sp³-hybridized carbons (Fsp3) is 0.526. The average Bonchev–Trinajstić information content (AvgIpc) is 2.57. The maximum absolute atomic E-state index is 12.4. The van der Waals surface area contributed by atoms with Gasteiger partial charge in [-0.1, -0.05) is 20.8 Å². The number of carbonyl (C=O) groups is 3. The molecule has 2 unspecified atom stereocenters. The molecule has 7 heteroatoms. The zero-order chi connectivity index (χ0) is 19.7. The molecule has 0 heterocycles. The van der Waals surface area contributed by atoms with Crippen molar-refractivity contribution in [2.24, 2.45) is 11.8 Å². The van der Waals surface area contributed by atoms with E-state index < -0.39 is 12.0 Å². The number of nitrogens with one attached hydrogen (secondary N) is 2. The first kappa shape index (κ1) is 21.5. The van der Waals surface area contributed by atoms with Gasteiger partial charge in [-0.05, 0) is 43.0 Å². The van der Waals surface area contributed by atoms with Crippen LogP contribution >= 0.6 is 0 Å². The summed E-state index contributed by atoms with van der Waals surface area (Å²) in [7, 11) is 0. The molecule has 1 rings (SSSR count). The van der Waals surface area contributed by atoms with Crippen LogP contribution in [0.3, 0.4) is 0 Å². The summed E-state index contributed by atoms with van der Waals surface area (Å²) in [6.45, 7) is 8.09. The molecule has 26 heavy (non-hydrogen) atoms. The van der Waals surface area contributed by atoms with Gasteiger partial charge in [0.15, 0.2) is 0 Å². The van der Waals surface area contributed by atoms with Gasteiger partial charge in [-0.15, -0.1) is 0 Å². The number of benzene rings is 1. The number of aliphatic carboxylic acids is 1. The summed E-state index contributed by atoms with van der Waals surface area (Å²) in [5.74, 6) is -1.20. The van der Waals surface area contributed by atoms with E-state index in [0.717, 1.165) is 0 Å². The lowest BCUT2D eigenvalue weighted by atomic mass is 10.0. The van der Waals surface area contributed by atoms with Gasteiger partial charge in [0.25, 0.3) is 5.91 Å². The second kappa shape index (κ2) is 10.4. The summed E-state index contributed by atoms with van der Waals surface area (Å²) in [6.07, 6.45) is -0.0227. The number of amides is 2. The minimum Gasteiger partial charge on any atom is -0.494 e. The summed E-state index contributed by atoms with van der Waals surface area (Å²) in [5, 5.41) is 14.2. The van der Waals surface area contributed by atoms with Gasteiger partial charge in [-0.25, -0.2) is 0 Å². The topological polar surface area (TPSA) is 105 Å². The first-order valence-electron chi connectivity index (χ1n) is 8.77. The zero-order valence-corrected chi connectivity index (χ0v) is 15.7. The summed E-state index contributed by atoms with van der Waals surface area (Å²) in [4.78, 5) is 35.5. The molecular formula is C19H28N2O5. The normalized spacial score (nSPS) is 13.0. The molecule has 1 aromatic carbocycles. The van der Waals surface area contributed by atoms with E-state index in [9.17, 15) is 14.4 Å².